The van der Waals surface area contributed by atoms with E-state index >= 15 is 0 Å². The summed E-state index contributed by atoms with van der Waals surface area (Å²) in [4.78, 5) is 1.00. The van der Waals surface area contributed by atoms with Crippen molar-refractivity contribution in [1.29, 1.82) is 0 Å². The zero-order valence-electron chi connectivity index (χ0n) is 11.2. The van der Waals surface area contributed by atoms with Crippen molar-refractivity contribution in [3.8, 4) is 0 Å². The van der Waals surface area contributed by atoms with E-state index in [0.717, 1.165) is 16.2 Å². The molecular weight excluding hydrogens is 328 g/mol. The maximum Gasteiger partial charge on any atom is 0.247 e. The molecule has 1 atom stereocenters. The first-order chi connectivity index (χ1) is 9.95. The van der Waals surface area contributed by atoms with Crippen LogP contribution in [-0.2, 0) is 10.0 Å². The van der Waals surface area contributed by atoms with Crippen LogP contribution in [0.3, 0.4) is 0 Å². The molecule has 0 unspecified atom stereocenters. The molecule has 1 aliphatic heterocycles. The van der Waals surface area contributed by atoms with E-state index in [9.17, 15) is 8.42 Å². The van der Waals surface area contributed by atoms with Gasteiger partial charge in [-0.3, -0.25) is 0 Å². The highest BCUT2D eigenvalue weighted by atomic mass is 35.5. The molecule has 0 amide bonds. The van der Waals surface area contributed by atoms with E-state index in [0.29, 0.717) is 11.4 Å². The summed E-state index contributed by atoms with van der Waals surface area (Å²) in [7, 11) is -3.42. The highest BCUT2D eigenvalue weighted by molar-refractivity contribution is 7.88. The number of benzene rings is 1. The maximum absolute atomic E-state index is 12.0. The van der Waals surface area contributed by atoms with Gasteiger partial charge in [-0.25, -0.2) is 8.42 Å². The summed E-state index contributed by atoms with van der Waals surface area (Å²) in [5.41, 5.74) is 1.69. The summed E-state index contributed by atoms with van der Waals surface area (Å²) >= 11 is 7.45. The summed E-state index contributed by atoms with van der Waals surface area (Å²) in [5.74, 6) is 0. The molecule has 0 saturated heterocycles. The van der Waals surface area contributed by atoms with E-state index in [4.69, 9.17) is 11.6 Å². The third-order valence-corrected chi connectivity index (χ3v) is 5.46. The quantitative estimate of drug-likeness (QED) is 0.858. The lowest BCUT2D eigenvalue weighted by Crippen LogP contribution is -2.25. The fourth-order valence-corrected chi connectivity index (χ4v) is 4.07. The molecule has 3 rings (SSSR count). The number of thiophene rings is 1. The molecule has 2 aromatic rings. The van der Waals surface area contributed by atoms with Gasteiger partial charge in [0.15, 0.2) is 0 Å². The lowest BCUT2D eigenvalue weighted by atomic mass is 10.0. The normalized spacial score (nSPS) is 18.9. The van der Waals surface area contributed by atoms with Crippen LogP contribution >= 0.6 is 22.9 Å². The Bertz CT molecular complexity index is 768. The van der Waals surface area contributed by atoms with Crippen LogP contribution in [0.15, 0.2) is 46.9 Å². The smallest absolute Gasteiger partial charge is 0.205 e. The van der Waals surface area contributed by atoms with E-state index in [1.165, 1.54) is 10.7 Å². The van der Waals surface area contributed by atoms with E-state index in [1.54, 1.807) is 23.5 Å². The number of halogens is 1. The molecule has 21 heavy (non-hydrogen) atoms. The lowest BCUT2D eigenvalue weighted by molar-refractivity contribution is 0.375. The van der Waals surface area contributed by atoms with Gasteiger partial charge in [0.2, 0.25) is 10.0 Å². The maximum atomic E-state index is 12.0. The van der Waals surface area contributed by atoms with Gasteiger partial charge >= 0.3 is 0 Å². The predicted octanol–water partition coefficient (Wildman–Crippen LogP) is 3.51. The second-order valence-electron chi connectivity index (χ2n) is 4.83. The van der Waals surface area contributed by atoms with Crippen molar-refractivity contribution >= 4 is 38.7 Å². The molecule has 0 aliphatic carbocycles. The number of sulfonamides is 1. The minimum absolute atomic E-state index is 0.311. The average Bonchev–Trinajstić information content (AvgIpc) is 3.07. The Kier molecular flexibility index (Phi) is 3.77. The molecule has 4 nitrogen and oxygen atoms in total. The lowest BCUT2D eigenvalue weighted by Gasteiger charge is -2.21. The van der Waals surface area contributed by atoms with Crippen molar-refractivity contribution in [2.24, 2.45) is 5.10 Å². The van der Waals surface area contributed by atoms with Gasteiger partial charge in [-0.1, -0.05) is 29.8 Å². The number of hydrogen-bond donors (Lipinski definition) is 0. The van der Waals surface area contributed by atoms with Gasteiger partial charge in [-0.15, -0.1) is 11.3 Å². The topological polar surface area (TPSA) is 49.7 Å². The Labute approximate surface area is 132 Å². The zero-order valence-corrected chi connectivity index (χ0v) is 13.6. The number of nitrogens with zero attached hydrogens (tertiary/aromatic N) is 2. The van der Waals surface area contributed by atoms with Gasteiger partial charge in [-0.2, -0.15) is 9.52 Å². The first-order valence-corrected chi connectivity index (χ1v) is 9.42. The largest absolute Gasteiger partial charge is 0.247 e. The van der Waals surface area contributed by atoms with Crippen molar-refractivity contribution in [3.05, 3.63) is 57.2 Å². The molecule has 7 heteroatoms. The third-order valence-electron chi connectivity index (χ3n) is 3.27. The van der Waals surface area contributed by atoms with Gasteiger partial charge < -0.3 is 0 Å². The number of rotatable bonds is 3. The zero-order chi connectivity index (χ0) is 15.0. The average molecular weight is 341 g/mol. The summed E-state index contributed by atoms with van der Waals surface area (Å²) in [6.45, 7) is 0. The second kappa shape index (κ2) is 5.44. The number of hydrazone groups is 1. The Morgan fingerprint density at radius 1 is 1.29 bits per heavy atom. The van der Waals surface area contributed by atoms with Gasteiger partial charge in [0.05, 0.1) is 22.9 Å². The Balaban J connectivity index is 2.00. The van der Waals surface area contributed by atoms with Crippen LogP contribution in [0.1, 0.15) is 22.9 Å². The Morgan fingerprint density at radius 3 is 2.57 bits per heavy atom. The van der Waals surface area contributed by atoms with Gasteiger partial charge in [-0.05, 0) is 29.1 Å². The number of hydrogen-bond acceptors (Lipinski definition) is 4. The van der Waals surface area contributed by atoms with Crippen LogP contribution in [-0.4, -0.2) is 24.8 Å². The van der Waals surface area contributed by atoms with Crippen molar-refractivity contribution < 1.29 is 8.42 Å². The summed E-state index contributed by atoms with van der Waals surface area (Å²) in [5, 5.41) is 6.90. The van der Waals surface area contributed by atoms with Crippen molar-refractivity contribution in [1.82, 2.24) is 4.41 Å². The first-order valence-electron chi connectivity index (χ1n) is 6.31. The van der Waals surface area contributed by atoms with Crippen LogP contribution in [0.2, 0.25) is 5.02 Å². The second-order valence-corrected chi connectivity index (χ2v) is 8.06. The molecule has 0 saturated carbocycles. The summed E-state index contributed by atoms with van der Waals surface area (Å²) in [6.07, 6.45) is 1.74. The molecular formula is C14H13ClN2O2S2. The van der Waals surface area contributed by atoms with Crippen LogP contribution in [0.4, 0.5) is 0 Å². The molecule has 1 aromatic heterocycles. The van der Waals surface area contributed by atoms with Gasteiger partial charge in [0.1, 0.15) is 0 Å². The minimum atomic E-state index is -3.42. The van der Waals surface area contributed by atoms with E-state index in [-0.39, 0.29) is 6.04 Å². The summed E-state index contributed by atoms with van der Waals surface area (Å²) in [6, 6.07) is 10.8. The fourth-order valence-electron chi connectivity index (χ4n) is 2.32. The van der Waals surface area contributed by atoms with E-state index in [1.807, 2.05) is 29.6 Å². The fraction of sp³-hybridized carbons (Fsp3) is 0.214. The predicted molar refractivity (Wildman–Crippen MR) is 86.3 cm³/mol. The standard InChI is InChI=1S/C14H13ClN2O2S2/c1-21(18,19)17-13(10-4-6-11(15)7-5-10)9-12(16-17)14-3-2-8-20-14/h2-8,13H,9H2,1H3/t13-/m1/s1. The van der Waals surface area contributed by atoms with Crippen LogP contribution in [0, 0.1) is 0 Å². The van der Waals surface area contributed by atoms with Gasteiger partial charge in [0, 0.05) is 11.4 Å². The SMILES string of the molecule is CS(=O)(=O)N1N=C(c2cccs2)C[C@@H]1c1ccc(Cl)cc1. The van der Waals surface area contributed by atoms with Crippen molar-refractivity contribution in [2.75, 3.05) is 6.26 Å². The van der Waals surface area contributed by atoms with Crippen LogP contribution in [0.25, 0.3) is 0 Å². The third kappa shape index (κ3) is 2.97. The molecule has 0 fully saturated rings. The molecule has 1 aromatic carbocycles. The molecule has 0 bridgehead atoms. The minimum Gasteiger partial charge on any atom is -0.205 e. The highest BCUT2D eigenvalue weighted by Crippen LogP contribution is 2.35. The van der Waals surface area contributed by atoms with Gasteiger partial charge in [0.25, 0.3) is 0 Å². The molecule has 1 aliphatic rings. The van der Waals surface area contributed by atoms with E-state index < -0.39 is 10.0 Å². The molecule has 0 radical (unpaired) electrons. The van der Waals surface area contributed by atoms with Crippen molar-refractivity contribution in [2.45, 2.75) is 12.5 Å². The Hall–Kier alpha value is -1.37. The molecule has 0 spiro atoms. The Morgan fingerprint density at radius 2 is 2.00 bits per heavy atom. The van der Waals surface area contributed by atoms with Crippen molar-refractivity contribution in [3.63, 3.8) is 0 Å². The molecule has 0 N–H and O–H groups in total. The molecule has 110 valence electrons. The highest BCUT2D eigenvalue weighted by Gasteiger charge is 2.34. The monoisotopic (exact) mass is 340 g/mol. The molecule has 2 heterocycles. The first kappa shape index (κ1) is 14.6. The van der Waals surface area contributed by atoms with Crippen LogP contribution < -0.4 is 0 Å². The summed E-state index contributed by atoms with van der Waals surface area (Å²) < 4.78 is 25.2. The van der Waals surface area contributed by atoms with Crippen LogP contribution in [0.5, 0.6) is 0 Å². The van der Waals surface area contributed by atoms with E-state index in [2.05, 4.69) is 5.10 Å².